The monoisotopic (exact) mass is 220 g/mol. The molecule has 3 heteroatoms. The molecule has 16 heavy (non-hydrogen) atoms. The zero-order valence-electron chi connectivity index (χ0n) is 10.2. The van der Waals surface area contributed by atoms with Crippen LogP contribution in [0.1, 0.15) is 19.8 Å². The van der Waals surface area contributed by atoms with Crippen molar-refractivity contribution in [2.45, 2.75) is 25.8 Å². The highest BCUT2D eigenvalue weighted by molar-refractivity contribution is 5.69. The van der Waals surface area contributed by atoms with Crippen LogP contribution in [0.25, 0.3) is 0 Å². The zero-order chi connectivity index (χ0) is 11.7. The number of ether oxygens (including phenoxy) is 1. The fraction of sp³-hybridized carbons (Fsp3) is 0.538. The van der Waals surface area contributed by atoms with Crippen molar-refractivity contribution < 1.29 is 4.74 Å². The summed E-state index contributed by atoms with van der Waals surface area (Å²) in [6.07, 6.45) is 2.70. The number of rotatable bonds is 4. The molecule has 1 aromatic rings. The van der Waals surface area contributed by atoms with Gasteiger partial charge in [-0.15, -0.1) is 0 Å². The molecular formula is C13H20N2O. The van der Waals surface area contributed by atoms with E-state index >= 15 is 0 Å². The van der Waals surface area contributed by atoms with Gasteiger partial charge in [0.15, 0.2) is 0 Å². The summed E-state index contributed by atoms with van der Waals surface area (Å²) in [5.74, 6) is 1.65. The molecule has 0 aliphatic heterocycles. The summed E-state index contributed by atoms with van der Waals surface area (Å²) in [5.41, 5.74) is 7.92. The molecule has 88 valence electrons. The van der Waals surface area contributed by atoms with Gasteiger partial charge in [0, 0.05) is 19.2 Å². The molecule has 0 saturated heterocycles. The van der Waals surface area contributed by atoms with Crippen molar-refractivity contribution in [2.75, 3.05) is 24.8 Å². The van der Waals surface area contributed by atoms with Crippen LogP contribution in [-0.2, 0) is 0 Å². The lowest BCUT2D eigenvalue weighted by Gasteiger charge is -2.28. The first-order valence-corrected chi connectivity index (χ1v) is 5.80. The Hall–Kier alpha value is -1.38. The van der Waals surface area contributed by atoms with Gasteiger partial charge in [0.2, 0.25) is 0 Å². The molecule has 1 aliphatic rings. The molecule has 0 spiro atoms. The number of nitrogens with two attached hydrogens (primary N) is 1. The molecule has 0 bridgehead atoms. The molecule has 1 saturated carbocycles. The predicted octanol–water partition coefficient (Wildman–Crippen LogP) is 2.51. The largest absolute Gasteiger partial charge is 0.497 e. The second kappa shape index (κ2) is 4.24. The number of anilines is 2. The fourth-order valence-electron chi connectivity index (χ4n) is 2.10. The molecule has 3 nitrogen and oxygen atoms in total. The summed E-state index contributed by atoms with van der Waals surface area (Å²) in [7, 11) is 3.77. The first-order chi connectivity index (χ1) is 7.63. The van der Waals surface area contributed by atoms with Gasteiger partial charge in [0.05, 0.1) is 18.5 Å². The Balaban J connectivity index is 2.18. The maximum Gasteiger partial charge on any atom is 0.121 e. The van der Waals surface area contributed by atoms with Gasteiger partial charge in [0.1, 0.15) is 5.75 Å². The van der Waals surface area contributed by atoms with Crippen molar-refractivity contribution in [3.8, 4) is 5.75 Å². The molecule has 2 N–H and O–H groups in total. The average molecular weight is 220 g/mol. The van der Waals surface area contributed by atoms with E-state index in [4.69, 9.17) is 10.5 Å². The number of nitrogen functional groups attached to an aromatic ring is 1. The number of nitrogens with zero attached hydrogens (tertiary/aromatic N) is 1. The summed E-state index contributed by atoms with van der Waals surface area (Å²) in [6.45, 7) is 2.27. The van der Waals surface area contributed by atoms with Gasteiger partial charge in [-0.1, -0.05) is 0 Å². The van der Waals surface area contributed by atoms with Crippen molar-refractivity contribution in [2.24, 2.45) is 5.92 Å². The zero-order valence-corrected chi connectivity index (χ0v) is 10.2. The van der Waals surface area contributed by atoms with Crippen molar-refractivity contribution in [3.63, 3.8) is 0 Å². The van der Waals surface area contributed by atoms with E-state index in [1.54, 1.807) is 7.11 Å². The van der Waals surface area contributed by atoms with Crippen LogP contribution >= 0.6 is 0 Å². The van der Waals surface area contributed by atoms with Crippen LogP contribution in [0, 0.1) is 5.92 Å². The van der Waals surface area contributed by atoms with Gasteiger partial charge in [-0.25, -0.2) is 0 Å². The van der Waals surface area contributed by atoms with Gasteiger partial charge >= 0.3 is 0 Å². The molecule has 0 heterocycles. The number of hydrogen-bond donors (Lipinski definition) is 1. The fourth-order valence-corrected chi connectivity index (χ4v) is 2.10. The first kappa shape index (κ1) is 11.1. The smallest absolute Gasteiger partial charge is 0.121 e. The predicted molar refractivity (Wildman–Crippen MR) is 68.0 cm³/mol. The van der Waals surface area contributed by atoms with E-state index in [2.05, 4.69) is 18.9 Å². The first-order valence-electron chi connectivity index (χ1n) is 5.80. The number of hydrogen-bond acceptors (Lipinski definition) is 3. The molecule has 1 fully saturated rings. The van der Waals surface area contributed by atoms with Crippen molar-refractivity contribution >= 4 is 11.4 Å². The molecule has 0 aromatic heterocycles. The second-order valence-corrected chi connectivity index (χ2v) is 4.61. The molecule has 2 rings (SSSR count). The van der Waals surface area contributed by atoms with E-state index in [1.807, 2.05) is 18.2 Å². The van der Waals surface area contributed by atoms with Crippen molar-refractivity contribution in [3.05, 3.63) is 18.2 Å². The lowest BCUT2D eigenvalue weighted by Crippen LogP contribution is -2.31. The number of methoxy groups -OCH3 is 1. The third-order valence-corrected chi connectivity index (χ3v) is 3.53. The molecule has 1 unspecified atom stereocenters. The standard InChI is InChI=1S/C13H20N2O/c1-9(10-4-5-10)15(2)13-7-6-11(16-3)8-12(13)14/h6-10H,4-5,14H2,1-3H3. The van der Waals surface area contributed by atoms with E-state index in [-0.39, 0.29) is 0 Å². The normalized spacial score (nSPS) is 16.9. The van der Waals surface area contributed by atoms with Crippen LogP contribution in [0.3, 0.4) is 0 Å². The Morgan fingerprint density at radius 3 is 2.62 bits per heavy atom. The maximum atomic E-state index is 6.03. The van der Waals surface area contributed by atoms with E-state index in [0.29, 0.717) is 6.04 Å². The Morgan fingerprint density at radius 1 is 1.44 bits per heavy atom. The molecule has 0 radical (unpaired) electrons. The summed E-state index contributed by atoms with van der Waals surface area (Å²) in [6, 6.07) is 6.44. The average Bonchev–Trinajstić information content (AvgIpc) is 3.10. The molecular weight excluding hydrogens is 200 g/mol. The van der Waals surface area contributed by atoms with Gasteiger partial charge in [-0.2, -0.15) is 0 Å². The van der Waals surface area contributed by atoms with E-state index in [1.165, 1.54) is 12.8 Å². The van der Waals surface area contributed by atoms with Gasteiger partial charge < -0.3 is 15.4 Å². The van der Waals surface area contributed by atoms with Crippen LogP contribution in [0.5, 0.6) is 5.75 Å². The quantitative estimate of drug-likeness (QED) is 0.792. The van der Waals surface area contributed by atoms with Gasteiger partial charge in [-0.05, 0) is 37.8 Å². The molecule has 0 amide bonds. The van der Waals surface area contributed by atoms with Crippen LogP contribution in [0.2, 0.25) is 0 Å². The van der Waals surface area contributed by atoms with Crippen LogP contribution in [0.4, 0.5) is 11.4 Å². The SMILES string of the molecule is COc1ccc(N(C)C(C)C2CC2)c(N)c1. The molecule has 1 aromatic carbocycles. The van der Waals surface area contributed by atoms with Crippen LogP contribution in [-0.4, -0.2) is 20.2 Å². The molecule has 1 atom stereocenters. The van der Waals surface area contributed by atoms with Crippen molar-refractivity contribution in [1.82, 2.24) is 0 Å². The minimum absolute atomic E-state index is 0.565. The van der Waals surface area contributed by atoms with E-state index in [0.717, 1.165) is 23.0 Å². The highest BCUT2D eigenvalue weighted by Crippen LogP contribution is 2.38. The lowest BCUT2D eigenvalue weighted by molar-refractivity contribution is 0.415. The highest BCUT2D eigenvalue weighted by atomic mass is 16.5. The summed E-state index contributed by atoms with van der Waals surface area (Å²) < 4.78 is 5.15. The van der Waals surface area contributed by atoms with E-state index < -0.39 is 0 Å². The summed E-state index contributed by atoms with van der Waals surface area (Å²) >= 11 is 0. The minimum atomic E-state index is 0.565. The Morgan fingerprint density at radius 2 is 2.12 bits per heavy atom. The van der Waals surface area contributed by atoms with Gasteiger partial charge in [0.25, 0.3) is 0 Å². The maximum absolute atomic E-state index is 6.03. The second-order valence-electron chi connectivity index (χ2n) is 4.61. The Labute approximate surface area is 97.2 Å². The topological polar surface area (TPSA) is 38.5 Å². The third-order valence-electron chi connectivity index (χ3n) is 3.53. The lowest BCUT2D eigenvalue weighted by atomic mass is 10.1. The Bertz CT molecular complexity index is 374. The number of benzene rings is 1. The van der Waals surface area contributed by atoms with E-state index in [9.17, 15) is 0 Å². The van der Waals surface area contributed by atoms with Crippen LogP contribution in [0.15, 0.2) is 18.2 Å². The Kier molecular flexibility index (Phi) is 2.95. The summed E-state index contributed by atoms with van der Waals surface area (Å²) in [4.78, 5) is 2.27. The van der Waals surface area contributed by atoms with Crippen LogP contribution < -0.4 is 15.4 Å². The minimum Gasteiger partial charge on any atom is -0.497 e. The van der Waals surface area contributed by atoms with Gasteiger partial charge in [-0.3, -0.25) is 0 Å². The highest BCUT2D eigenvalue weighted by Gasteiger charge is 2.31. The molecule has 1 aliphatic carbocycles. The third kappa shape index (κ3) is 2.08. The van der Waals surface area contributed by atoms with Crippen molar-refractivity contribution in [1.29, 1.82) is 0 Å². The summed E-state index contributed by atoms with van der Waals surface area (Å²) in [5, 5.41) is 0.